The lowest BCUT2D eigenvalue weighted by molar-refractivity contribution is 0.445. The normalized spacial score (nSPS) is 18.3. The Kier molecular flexibility index (Phi) is 11.4. The highest BCUT2D eigenvalue weighted by atomic mass is 127. The zero-order chi connectivity index (χ0) is 15.7. The molecule has 1 aliphatic heterocycles. The van der Waals surface area contributed by atoms with E-state index in [1.54, 1.807) is 11.4 Å². The Bertz CT molecular complexity index is 427. The number of nitrogens with one attached hydrogen (secondary N) is 2. The maximum Gasteiger partial charge on any atom is 0.214 e. The van der Waals surface area contributed by atoms with Gasteiger partial charge in [0.05, 0.1) is 5.75 Å². The molecule has 0 amide bonds. The van der Waals surface area contributed by atoms with Gasteiger partial charge in [0.15, 0.2) is 5.96 Å². The van der Waals surface area contributed by atoms with Crippen molar-refractivity contribution in [3.8, 4) is 0 Å². The quantitative estimate of drug-likeness (QED) is 0.257. The van der Waals surface area contributed by atoms with Gasteiger partial charge in [0.2, 0.25) is 10.0 Å². The van der Waals surface area contributed by atoms with Crippen molar-refractivity contribution in [2.75, 3.05) is 39.0 Å². The molecule has 0 saturated carbocycles. The minimum Gasteiger partial charge on any atom is -0.356 e. The van der Waals surface area contributed by atoms with Crippen LogP contribution < -0.4 is 10.6 Å². The average Bonchev–Trinajstić information content (AvgIpc) is 2.75. The van der Waals surface area contributed by atoms with E-state index in [9.17, 15) is 8.42 Å². The van der Waals surface area contributed by atoms with Gasteiger partial charge >= 0.3 is 0 Å². The minimum atomic E-state index is -2.99. The van der Waals surface area contributed by atoms with Crippen molar-refractivity contribution >= 4 is 40.0 Å². The molecule has 0 radical (unpaired) electrons. The third-order valence-electron chi connectivity index (χ3n) is 3.58. The van der Waals surface area contributed by atoms with Gasteiger partial charge in [0.1, 0.15) is 0 Å². The van der Waals surface area contributed by atoms with Crippen LogP contribution in [-0.2, 0) is 10.0 Å². The Morgan fingerprint density at radius 2 is 1.91 bits per heavy atom. The van der Waals surface area contributed by atoms with Crippen LogP contribution in [0, 0.1) is 5.92 Å². The van der Waals surface area contributed by atoms with Crippen molar-refractivity contribution in [3.63, 3.8) is 0 Å². The maximum absolute atomic E-state index is 11.7. The number of unbranched alkanes of at least 4 members (excludes halogenated alkanes) is 1. The molecule has 0 bridgehead atoms. The monoisotopic (exact) mass is 446 g/mol. The van der Waals surface area contributed by atoms with Crippen molar-refractivity contribution in [3.05, 3.63) is 0 Å². The SMILES string of the molecule is CN=C(NCCCCC(C)C)NCCN1CCCS1(=O)=O.I. The number of nitrogens with zero attached hydrogens (tertiary/aromatic N) is 2. The van der Waals surface area contributed by atoms with Crippen molar-refractivity contribution in [2.24, 2.45) is 10.9 Å². The highest BCUT2D eigenvalue weighted by Crippen LogP contribution is 2.11. The van der Waals surface area contributed by atoms with E-state index in [1.165, 1.54) is 12.8 Å². The predicted molar refractivity (Wildman–Crippen MR) is 103 cm³/mol. The second-order valence-corrected chi connectivity index (χ2v) is 7.97. The van der Waals surface area contributed by atoms with E-state index in [4.69, 9.17) is 0 Å². The molecule has 0 aliphatic carbocycles. The molecular formula is C14H31IN4O2S. The fourth-order valence-electron chi connectivity index (χ4n) is 2.35. The molecule has 0 aromatic carbocycles. The molecule has 6 nitrogen and oxygen atoms in total. The van der Waals surface area contributed by atoms with Crippen LogP contribution in [0.1, 0.15) is 39.5 Å². The molecule has 132 valence electrons. The summed E-state index contributed by atoms with van der Waals surface area (Å²) < 4.78 is 24.9. The highest BCUT2D eigenvalue weighted by molar-refractivity contribution is 14.0. The number of hydrogen-bond donors (Lipinski definition) is 2. The molecule has 0 unspecified atom stereocenters. The molecule has 1 rings (SSSR count). The molecule has 2 N–H and O–H groups in total. The van der Waals surface area contributed by atoms with Crippen molar-refractivity contribution in [2.45, 2.75) is 39.5 Å². The van der Waals surface area contributed by atoms with Crippen LogP contribution in [0.5, 0.6) is 0 Å². The van der Waals surface area contributed by atoms with Gasteiger partial charge in [-0.25, -0.2) is 12.7 Å². The molecule has 0 aromatic rings. The van der Waals surface area contributed by atoms with Crippen molar-refractivity contribution in [1.82, 2.24) is 14.9 Å². The predicted octanol–water partition coefficient (Wildman–Crippen LogP) is 1.63. The van der Waals surface area contributed by atoms with E-state index in [1.807, 2.05) is 0 Å². The van der Waals surface area contributed by atoms with Gasteiger partial charge in [-0.2, -0.15) is 0 Å². The molecule has 1 aliphatic rings. The lowest BCUT2D eigenvalue weighted by atomic mass is 10.1. The van der Waals surface area contributed by atoms with Gasteiger partial charge in [-0.1, -0.05) is 26.7 Å². The fraction of sp³-hybridized carbons (Fsp3) is 0.929. The summed E-state index contributed by atoms with van der Waals surface area (Å²) >= 11 is 0. The Hall–Kier alpha value is -0.0900. The minimum absolute atomic E-state index is 0. The molecule has 1 heterocycles. The van der Waals surface area contributed by atoms with Gasteiger partial charge in [-0.3, -0.25) is 4.99 Å². The molecular weight excluding hydrogens is 415 g/mol. The largest absolute Gasteiger partial charge is 0.356 e. The first-order chi connectivity index (χ1) is 9.95. The number of aliphatic imine (C=N–C) groups is 1. The Morgan fingerprint density at radius 3 is 2.45 bits per heavy atom. The van der Waals surface area contributed by atoms with E-state index in [2.05, 4.69) is 29.5 Å². The van der Waals surface area contributed by atoms with Gasteiger partial charge < -0.3 is 10.6 Å². The maximum atomic E-state index is 11.7. The third kappa shape index (κ3) is 8.52. The van der Waals surface area contributed by atoms with Crippen LogP contribution in [0.25, 0.3) is 0 Å². The summed E-state index contributed by atoms with van der Waals surface area (Å²) in [5.74, 6) is 1.79. The molecule has 0 aromatic heterocycles. The molecule has 8 heteroatoms. The van der Waals surface area contributed by atoms with Crippen LogP contribution in [0.4, 0.5) is 0 Å². The topological polar surface area (TPSA) is 73.8 Å². The van der Waals surface area contributed by atoms with E-state index in [0.717, 1.165) is 31.3 Å². The summed E-state index contributed by atoms with van der Waals surface area (Å²) in [5.41, 5.74) is 0. The molecule has 0 spiro atoms. The van der Waals surface area contributed by atoms with Gasteiger partial charge in [0, 0.05) is 33.2 Å². The number of hydrogen-bond acceptors (Lipinski definition) is 3. The van der Waals surface area contributed by atoms with Crippen LogP contribution in [0.2, 0.25) is 0 Å². The number of rotatable bonds is 8. The smallest absolute Gasteiger partial charge is 0.214 e. The first-order valence-corrected chi connectivity index (χ1v) is 9.49. The number of sulfonamides is 1. The summed E-state index contributed by atoms with van der Waals surface area (Å²) in [5, 5.41) is 6.43. The molecule has 0 atom stereocenters. The summed E-state index contributed by atoms with van der Waals surface area (Å²) in [4.78, 5) is 4.15. The summed E-state index contributed by atoms with van der Waals surface area (Å²) in [7, 11) is -1.26. The molecule has 1 fully saturated rings. The van der Waals surface area contributed by atoms with Crippen LogP contribution in [0.15, 0.2) is 4.99 Å². The second-order valence-electron chi connectivity index (χ2n) is 5.88. The second kappa shape index (κ2) is 11.4. The van der Waals surface area contributed by atoms with Gasteiger partial charge in [-0.05, 0) is 18.8 Å². The molecule has 1 saturated heterocycles. The highest BCUT2D eigenvalue weighted by Gasteiger charge is 2.27. The number of guanidine groups is 1. The summed E-state index contributed by atoms with van der Waals surface area (Å²) in [6, 6.07) is 0. The summed E-state index contributed by atoms with van der Waals surface area (Å²) in [6.07, 6.45) is 4.33. The zero-order valence-corrected chi connectivity index (χ0v) is 17.1. The zero-order valence-electron chi connectivity index (χ0n) is 14.0. The Labute approximate surface area is 152 Å². The average molecular weight is 446 g/mol. The first-order valence-electron chi connectivity index (χ1n) is 7.88. The lowest BCUT2D eigenvalue weighted by Crippen LogP contribution is -2.42. The van der Waals surface area contributed by atoms with E-state index >= 15 is 0 Å². The van der Waals surface area contributed by atoms with Crippen LogP contribution >= 0.6 is 24.0 Å². The standard InChI is InChI=1S/C14H30N4O2S.HI/c1-13(2)7-4-5-8-16-14(15-3)17-9-11-18-10-6-12-21(18,19)20;/h13H,4-12H2,1-3H3,(H2,15,16,17);1H. The summed E-state index contributed by atoms with van der Waals surface area (Å²) in [6.45, 7) is 7.11. The lowest BCUT2D eigenvalue weighted by Gasteiger charge is -2.16. The van der Waals surface area contributed by atoms with Gasteiger partial charge in [-0.15, -0.1) is 24.0 Å². The van der Waals surface area contributed by atoms with Crippen molar-refractivity contribution < 1.29 is 8.42 Å². The van der Waals surface area contributed by atoms with E-state index < -0.39 is 10.0 Å². The fourth-order valence-corrected chi connectivity index (χ4v) is 3.88. The van der Waals surface area contributed by atoms with E-state index in [0.29, 0.717) is 19.6 Å². The molecule has 22 heavy (non-hydrogen) atoms. The van der Waals surface area contributed by atoms with Crippen molar-refractivity contribution in [1.29, 1.82) is 0 Å². The Morgan fingerprint density at radius 1 is 1.23 bits per heavy atom. The van der Waals surface area contributed by atoms with Crippen LogP contribution in [-0.4, -0.2) is 57.7 Å². The number of halogens is 1. The third-order valence-corrected chi connectivity index (χ3v) is 5.54. The first kappa shape index (κ1) is 21.9. The van der Waals surface area contributed by atoms with Crippen LogP contribution in [0.3, 0.4) is 0 Å². The van der Waals surface area contributed by atoms with E-state index in [-0.39, 0.29) is 29.7 Å². The van der Waals surface area contributed by atoms with Gasteiger partial charge in [0.25, 0.3) is 0 Å². The Balaban J connectivity index is 0.00000441.